The van der Waals surface area contributed by atoms with Gasteiger partial charge in [-0.15, -0.1) is 0 Å². The first-order valence-electron chi connectivity index (χ1n) is 6.33. The summed E-state index contributed by atoms with van der Waals surface area (Å²) in [5.74, 6) is -0.624. The van der Waals surface area contributed by atoms with Crippen LogP contribution < -0.4 is 10.5 Å². The second kappa shape index (κ2) is 6.30. The highest BCUT2D eigenvalue weighted by Gasteiger charge is 2.18. The fraction of sp³-hybridized carbons (Fsp3) is 0.214. The van der Waals surface area contributed by atoms with E-state index in [4.69, 9.17) is 5.73 Å². The van der Waals surface area contributed by atoms with Crippen molar-refractivity contribution >= 4 is 10.0 Å². The predicted molar refractivity (Wildman–Crippen MR) is 77.3 cm³/mol. The SMILES string of the molecule is Cc1cccc(CNS(=O)(=O)c2cc(F)ccc2CN)n1. The lowest BCUT2D eigenvalue weighted by Crippen LogP contribution is -2.25. The molecule has 0 unspecified atom stereocenters. The van der Waals surface area contributed by atoms with Gasteiger partial charge in [0.1, 0.15) is 5.82 Å². The molecule has 3 N–H and O–H groups in total. The Labute approximate surface area is 123 Å². The van der Waals surface area contributed by atoms with Crippen molar-refractivity contribution < 1.29 is 12.8 Å². The first kappa shape index (κ1) is 15.6. The molecule has 0 atom stereocenters. The van der Waals surface area contributed by atoms with E-state index < -0.39 is 15.8 Å². The van der Waals surface area contributed by atoms with Crippen LogP contribution in [0.4, 0.5) is 4.39 Å². The molecule has 1 aromatic heterocycles. The van der Waals surface area contributed by atoms with E-state index in [2.05, 4.69) is 9.71 Å². The van der Waals surface area contributed by atoms with Crippen LogP contribution in [0, 0.1) is 12.7 Å². The molecule has 5 nitrogen and oxygen atoms in total. The molecule has 21 heavy (non-hydrogen) atoms. The van der Waals surface area contributed by atoms with Gasteiger partial charge >= 0.3 is 0 Å². The van der Waals surface area contributed by atoms with Crippen molar-refractivity contribution in [3.05, 3.63) is 59.2 Å². The zero-order valence-corrected chi connectivity index (χ0v) is 12.3. The molecule has 0 aliphatic carbocycles. The molecule has 0 aliphatic heterocycles. The summed E-state index contributed by atoms with van der Waals surface area (Å²) in [5.41, 5.74) is 7.24. The third-order valence-electron chi connectivity index (χ3n) is 2.93. The molecule has 0 bridgehead atoms. The van der Waals surface area contributed by atoms with Crippen molar-refractivity contribution in [3.63, 3.8) is 0 Å². The Morgan fingerprint density at radius 2 is 2.05 bits per heavy atom. The van der Waals surface area contributed by atoms with Crippen molar-refractivity contribution in [2.45, 2.75) is 24.9 Å². The molecular formula is C14H16FN3O2S. The lowest BCUT2D eigenvalue weighted by atomic mass is 10.2. The zero-order chi connectivity index (χ0) is 15.5. The third kappa shape index (κ3) is 3.84. The molecule has 0 spiro atoms. The van der Waals surface area contributed by atoms with Gasteiger partial charge < -0.3 is 5.73 Å². The van der Waals surface area contributed by atoms with Crippen LogP contribution in [0.2, 0.25) is 0 Å². The highest BCUT2D eigenvalue weighted by atomic mass is 32.2. The van der Waals surface area contributed by atoms with Crippen LogP contribution in [-0.2, 0) is 23.1 Å². The van der Waals surface area contributed by atoms with Crippen molar-refractivity contribution in [3.8, 4) is 0 Å². The highest BCUT2D eigenvalue weighted by Crippen LogP contribution is 2.17. The lowest BCUT2D eigenvalue weighted by Gasteiger charge is -2.10. The largest absolute Gasteiger partial charge is 0.326 e. The van der Waals surface area contributed by atoms with E-state index in [0.29, 0.717) is 11.3 Å². The molecule has 1 heterocycles. The Hall–Kier alpha value is -1.83. The summed E-state index contributed by atoms with van der Waals surface area (Å²) in [7, 11) is -3.85. The number of nitrogens with zero attached hydrogens (tertiary/aromatic N) is 1. The number of nitrogens with one attached hydrogen (secondary N) is 1. The Morgan fingerprint density at radius 3 is 2.71 bits per heavy atom. The first-order chi connectivity index (χ1) is 9.92. The minimum atomic E-state index is -3.85. The van der Waals surface area contributed by atoms with Crippen LogP contribution in [0.5, 0.6) is 0 Å². The Balaban J connectivity index is 2.24. The molecule has 0 radical (unpaired) electrons. The molecule has 0 saturated carbocycles. The van der Waals surface area contributed by atoms with Crippen LogP contribution >= 0.6 is 0 Å². The van der Waals surface area contributed by atoms with Gasteiger partial charge in [0.05, 0.1) is 17.1 Å². The minimum Gasteiger partial charge on any atom is -0.326 e. The van der Waals surface area contributed by atoms with E-state index in [9.17, 15) is 12.8 Å². The summed E-state index contributed by atoms with van der Waals surface area (Å²) in [6, 6.07) is 8.84. The smallest absolute Gasteiger partial charge is 0.241 e. The van der Waals surface area contributed by atoms with Crippen LogP contribution in [0.1, 0.15) is 17.0 Å². The van der Waals surface area contributed by atoms with Gasteiger partial charge in [-0.25, -0.2) is 17.5 Å². The van der Waals surface area contributed by atoms with Gasteiger partial charge in [-0.05, 0) is 36.8 Å². The third-order valence-corrected chi connectivity index (χ3v) is 4.41. The maximum Gasteiger partial charge on any atom is 0.241 e. The molecule has 7 heteroatoms. The number of aromatic nitrogens is 1. The molecule has 0 amide bonds. The standard InChI is InChI=1S/C14H16FN3O2S/c1-10-3-2-4-13(18-10)9-17-21(19,20)14-7-12(15)6-5-11(14)8-16/h2-7,17H,8-9,16H2,1H3. The van der Waals surface area contributed by atoms with Crippen LogP contribution in [0.15, 0.2) is 41.3 Å². The van der Waals surface area contributed by atoms with Crippen LogP contribution in [0.25, 0.3) is 0 Å². The average Bonchev–Trinajstić information content (AvgIpc) is 2.45. The van der Waals surface area contributed by atoms with Crippen LogP contribution in [0.3, 0.4) is 0 Å². The molecule has 1 aromatic carbocycles. The van der Waals surface area contributed by atoms with E-state index in [0.717, 1.165) is 11.8 Å². The maximum absolute atomic E-state index is 13.3. The van der Waals surface area contributed by atoms with Gasteiger partial charge in [-0.2, -0.15) is 0 Å². The quantitative estimate of drug-likeness (QED) is 0.876. The summed E-state index contributed by atoms with van der Waals surface area (Å²) in [6.45, 7) is 1.86. The monoisotopic (exact) mass is 309 g/mol. The second-order valence-electron chi connectivity index (χ2n) is 4.55. The summed E-state index contributed by atoms with van der Waals surface area (Å²) in [4.78, 5) is 4.06. The van der Waals surface area contributed by atoms with Crippen molar-refractivity contribution in [2.24, 2.45) is 5.73 Å². The van der Waals surface area contributed by atoms with E-state index >= 15 is 0 Å². The number of pyridine rings is 1. The number of aryl methyl sites for hydroxylation is 1. The first-order valence-corrected chi connectivity index (χ1v) is 7.81. The second-order valence-corrected chi connectivity index (χ2v) is 6.29. The summed E-state index contributed by atoms with van der Waals surface area (Å²) in [6.07, 6.45) is 0. The van der Waals surface area contributed by atoms with Crippen LogP contribution in [-0.4, -0.2) is 13.4 Å². The fourth-order valence-electron chi connectivity index (χ4n) is 1.89. The predicted octanol–water partition coefficient (Wildman–Crippen LogP) is 1.47. The number of nitrogens with two attached hydrogens (primary N) is 1. The molecule has 112 valence electrons. The summed E-state index contributed by atoms with van der Waals surface area (Å²) >= 11 is 0. The van der Waals surface area contributed by atoms with Gasteiger partial charge in [0.25, 0.3) is 0 Å². The van der Waals surface area contributed by atoms with E-state index in [1.54, 1.807) is 12.1 Å². The van der Waals surface area contributed by atoms with E-state index in [1.807, 2.05) is 13.0 Å². The van der Waals surface area contributed by atoms with Gasteiger partial charge in [0.2, 0.25) is 10.0 Å². The van der Waals surface area contributed by atoms with Gasteiger partial charge in [-0.3, -0.25) is 4.98 Å². The zero-order valence-electron chi connectivity index (χ0n) is 11.5. The van der Waals surface area contributed by atoms with Crippen molar-refractivity contribution in [2.75, 3.05) is 0 Å². The average molecular weight is 309 g/mol. The number of sulfonamides is 1. The van der Waals surface area contributed by atoms with Gasteiger partial charge in [0.15, 0.2) is 0 Å². The van der Waals surface area contributed by atoms with Gasteiger partial charge in [0, 0.05) is 12.2 Å². The molecular weight excluding hydrogens is 293 g/mol. The Kier molecular flexibility index (Phi) is 4.66. The molecule has 0 saturated heterocycles. The number of hydrogen-bond acceptors (Lipinski definition) is 4. The van der Waals surface area contributed by atoms with E-state index in [1.165, 1.54) is 12.1 Å². The fourth-order valence-corrected chi connectivity index (χ4v) is 3.15. The van der Waals surface area contributed by atoms with Crippen molar-refractivity contribution in [1.82, 2.24) is 9.71 Å². The van der Waals surface area contributed by atoms with Crippen molar-refractivity contribution in [1.29, 1.82) is 0 Å². The maximum atomic E-state index is 13.3. The minimum absolute atomic E-state index is 0.0131. The normalized spacial score (nSPS) is 11.6. The molecule has 2 aromatic rings. The molecule has 0 aliphatic rings. The summed E-state index contributed by atoms with van der Waals surface area (Å²) < 4.78 is 40.2. The Morgan fingerprint density at radius 1 is 1.29 bits per heavy atom. The van der Waals surface area contributed by atoms with Gasteiger partial charge in [-0.1, -0.05) is 12.1 Å². The topological polar surface area (TPSA) is 85.1 Å². The number of halogens is 1. The summed E-state index contributed by atoms with van der Waals surface area (Å²) in [5, 5.41) is 0. The number of benzene rings is 1. The molecule has 2 rings (SSSR count). The Bertz CT molecular complexity index is 748. The van der Waals surface area contributed by atoms with E-state index in [-0.39, 0.29) is 18.0 Å². The highest BCUT2D eigenvalue weighted by molar-refractivity contribution is 7.89. The number of hydrogen-bond donors (Lipinski definition) is 2. The number of rotatable bonds is 5. The molecule has 0 fully saturated rings. The lowest BCUT2D eigenvalue weighted by molar-refractivity contribution is 0.574.